The van der Waals surface area contributed by atoms with Crippen molar-refractivity contribution in [3.05, 3.63) is 0 Å². The first-order chi connectivity index (χ1) is 4.33. The third-order valence-corrected chi connectivity index (χ3v) is 1.70. The number of aliphatic hydroxyl groups is 1. The van der Waals surface area contributed by atoms with E-state index in [9.17, 15) is 4.79 Å². The van der Waals surface area contributed by atoms with Crippen LogP contribution in [-0.4, -0.2) is 24.2 Å². The van der Waals surface area contributed by atoms with Crippen LogP contribution in [0.15, 0.2) is 0 Å². The molecule has 0 aliphatic heterocycles. The molecular formula is C6H11NO2. The molecule has 0 aromatic carbocycles. The molecular weight excluding hydrogens is 118 g/mol. The van der Waals surface area contributed by atoms with Gasteiger partial charge in [-0.1, -0.05) is 0 Å². The molecule has 0 heterocycles. The number of amides is 1. The zero-order valence-electron chi connectivity index (χ0n) is 5.21. The van der Waals surface area contributed by atoms with E-state index in [0.29, 0.717) is 12.3 Å². The van der Waals surface area contributed by atoms with Crippen LogP contribution in [0.2, 0.25) is 0 Å². The lowest BCUT2D eigenvalue weighted by Crippen LogP contribution is -2.35. The molecule has 9 heavy (non-hydrogen) atoms. The Kier molecular flexibility index (Phi) is 2.05. The Labute approximate surface area is 54.1 Å². The maximum absolute atomic E-state index is 9.76. The topological polar surface area (TPSA) is 49.3 Å². The molecule has 0 unspecified atom stereocenters. The van der Waals surface area contributed by atoms with E-state index in [0.717, 1.165) is 19.4 Å². The minimum absolute atomic E-state index is 0.108. The molecule has 0 radical (unpaired) electrons. The van der Waals surface area contributed by atoms with Crippen LogP contribution in [0.25, 0.3) is 0 Å². The van der Waals surface area contributed by atoms with Crippen molar-refractivity contribution in [3.8, 4) is 0 Å². The summed E-state index contributed by atoms with van der Waals surface area (Å²) in [6.45, 7) is 0.723. The molecule has 1 aliphatic rings. The highest BCUT2D eigenvalue weighted by Crippen LogP contribution is 2.25. The molecule has 0 spiro atoms. The highest BCUT2D eigenvalue weighted by Gasteiger charge is 2.26. The third kappa shape index (κ3) is 1.68. The predicted octanol–water partition coefficient (Wildman–Crippen LogP) is -0.497. The molecule has 1 rings (SSSR count). The second kappa shape index (κ2) is 2.82. The fourth-order valence-electron chi connectivity index (χ4n) is 1.08. The monoisotopic (exact) mass is 129 g/mol. The van der Waals surface area contributed by atoms with Gasteiger partial charge < -0.3 is 10.4 Å². The zero-order valence-corrected chi connectivity index (χ0v) is 5.21. The van der Waals surface area contributed by atoms with Gasteiger partial charge in [0.25, 0.3) is 0 Å². The first kappa shape index (κ1) is 6.55. The number of nitrogens with one attached hydrogen (secondary N) is 1. The number of hydrogen-bond acceptors (Lipinski definition) is 2. The van der Waals surface area contributed by atoms with Crippen LogP contribution < -0.4 is 5.32 Å². The van der Waals surface area contributed by atoms with Crippen LogP contribution in [-0.2, 0) is 4.79 Å². The highest BCUT2D eigenvalue weighted by molar-refractivity contribution is 5.45. The smallest absolute Gasteiger partial charge is 0.207 e. The second-order valence-electron chi connectivity index (χ2n) is 2.52. The Morgan fingerprint density at radius 3 is 2.78 bits per heavy atom. The van der Waals surface area contributed by atoms with Gasteiger partial charge in [0.2, 0.25) is 6.41 Å². The minimum Gasteiger partial charge on any atom is -0.393 e. The van der Waals surface area contributed by atoms with Crippen LogP contribution in [0.1, 0.15) is 12.8 Å². The minimum atomic E-state index is -0.108. The molecule has 1 fully saturated rings. The number of carbonyl (C=O) groups is 1. The SMILES string of the molecule is O=CNCC1CC(O)C1. The van der Waals surface area contributed by atoms with Crippen molar-refractivity contribution in [1.82, 2.24) is 5.32 Å². The van der Waals surface area contributed by atoms with E-state index in [1.54, 1.807) is 0 Å². The van der Waals surface area contributed by atoms with Crippen molar-refractivity contribution < 1.29 is 9.90 Å². The van der Waals surface area contributed by atoms with Gasteiger partial charge in [0.15, 0.2) is 0 Å². The highest BCUT2D eigenvalue weighted by atomic mass is 16.3. The molecule has 1 aliphatic carbocycles. The van der Waals surface area contributed by atoms with Gasteiger partial charge in [0.05, 0.1) is 6.10 Å². The maximum Gasteiger partial charge on any atom is 0.207 e. The molecule has 1 amide bonds. The van der Waals surface area contributed by atoms with Gasteiger partial charge in [-0.2, -0.15) is 0 Å². The van der Waals surface area contributed by atoms with Crippen molar-refractivity contribution in [2.24, 2.45) is 5.92 Å². The number of carbonyl (C=O) groups excluding carboxylic acids is 1. The van der Waals surface area contributed by atoms with E-state index >= 15 is 0 Å². The summed E-state index contributed by atoms with van der Waals surface area (Å²) in [5.41, 5.74) is 0. The van der Waals surface area contributed by atoms with Gasteiger partial charge in [-0.3, -0.25) is 4.79 Å². The normalized spacial score (nSPS) is 33.0. The van der Waals surface area contributed by atoms with Crippen LogP contribution in [0.5, 0.6) is 0 Å². The summed E-state index contributed by atoms with van der Waals surface area (Å²) < 4.78 is 0. The number of hydrogen-bond donors (Lipinski definition) is 2. The van der Waals surface area contributed by atoms with E-state index in [1.165, 1.54) is 0 Å². The lowest BCUT2D eigenvalue weighted by molar-refractivity contribution is -0.110. The molecule has 3 nitrogen and oxygen atoms in total. The lowest BCUT2D eigenvalue weighted by Gasteiger charge is -2.30. The Morgan fingerprint density at radius 1 is 1.67 bits per heavy atom. The van der Waals surface area contributed by atoms with E-state index in [1.807, 2.05) is 0 Å². The summed E-state index contributed by atoms with van der Waals surface area (Å²) in [6, 6.07) is 0. The quantitative estimate of drug-likeness (QED) is 0.505. The average Bonchev–Trinajstić information content (AvgIpc) is 1.78. The summed E-state index contributed by atoms with van der Waals surface area (Å²) in [7, 11) is 0. The summed E-state index contributed by atoms with van der Waals surface area (Å²) in [6.07, 6.45) is 2.29. The maximum atomic E-state index is 9.76. The van der Waals surface area contributed by atoms with Crippen molar-refractivity contribution in [3.63, 3.8) is 0 Å². The van der Waals surface area contributed by atoms with Gasteiger partial charge in [-0.25, -0.2) is 0 Å². The summed E-state index contributed by atoms with van der Waals surface area (Å²) >= 11 is 0. The van der Waals surface area contributed by atoms with Crippen LogP contribution in [0, 0.1) is 5.92 Å². The number of rotatable bonds is 3. The van der Waals surface area contributed by atoms with E-state index in [2.05, 4.69) is 5.32 Å². The van der Waals surface area contributed by atoms with Crippen molar-refractivity contribution >= 4 is 6.41 Å². The first-order valence-electron chi connectivity index (χ1n) is 3.18. The van der Waals surface area contributed by atoms with Crippen LogP contribution in [0.3, 0.4) is 0 Å². The standard InChI is InChI=1S/C6H11NO2/c8-4-7-3-5-1-6(9)2-5/h4-6,9H,1-3H2,(H,7,8). The van der Waals surface area contributed by atoms with Crippen LogP contribution in [0.4, 0.5) is 0 Å². The van der Waals surface area contributed by atoms with Gasteiger partial charge in [0, 0.05) is 6.54 Å². The molecule has 0 bridgehead atoms. The molecule has 0 atom stereocenters. The Hall–Kier alpha value is -0.570. The van der Waals surface area contributed by atoms with Gasteiger partial charge >= 0.3 is 0 Å². The lowest BCUT2D eigenvalue weighted by atomic mass is 9.82. The first-order valence-corrected chi connectivity index (χ1v) is 3.18. The third-order valence-electron chi connectivity index (χ3n) is 1.70. The summed E-state index contributed by atoms with van der Waals surface area (Å²) in [5.74, 6) is 0.519. The number of aliphatic hydroxyl groups excluding tert-OH is 1. The van der Waals surface area contributed by atoms with Crippen LogP contribution >= 0.6 is 0 Å². The zero-order chi connectivity index (χ0) is 6.69. The average molecular weight is 129 g/mol. The van der Waals surface area contributed by atoms with E-state index in [4.69, 9.17) is 5.11 Å². The summed E-state index contributed by atoms with van der Waals surface area (Å²) in [4.78, 5) is 9.76. The van der Waals surface area contributed by atoms with Crippen molar-refractivity contribution in [1.29, 1.82) is 0 Å². The Balaban J connectivity index is 1.97. The fraction of sp³-hybridized carbons (Fsp3) is 0.833. The molecule has 1 saturated carbocycles. The predicted molar refractivity (Wildman–Crippen MR) is 32.8 cm³/mol. The fourth-order valence-corrected chi connectivity index (χ4v) is 1.08. The molecule has 0 saturated heterocycles. The molecule has 3 heteroatoms. The van der Waals surface area contributed by atoms with Gasteiger partial charge in [-0.05, 0) is 18.8 Å². The van der Waals surface area contributed by atoms with Crippen molar-refractivity contribution in [2.75, 3.05) is 6.54 Å². The van der Waals surface area contributed by atoms with Crippen molar-refractivity contribution in [2.45, 2.75) is 18.9 Å². The molecule has 52 valence electrons. The molecule has 0 aromatic rings. The second-order valence-corrected chi connectivity index (χ2v) is 2.52. The summed E-state index contributed by atoms with van der Waals surface area (Å²) in [5, 5.41) is 11.4. The van der Waals surface area contributed by atoms with Gasteiger partial charge in [0.1, 0.15) is 0 Å². The van der Waals surface area contributed by atoms with E-state index < -0.39 is 0 Å². The van der Waals surface area contributed by atoms with Gasteiger partial charge in [-0.15, -0.1) is 0 Å². The Morgan fingerprint density at radius 2 is 2.33 bits per heavy atom. The largest absolute Gasteiger partial charge is 0.393 e. The Bertz CT molecular complexity index is 99.2. The molecule has 0 aromatic heterocycles. The molecule has 2 N–H and O–H groups in total. The van der Waals surface area contributed by atoms with E-state index in [-0.39, 0.29) is 6.10 Å².